The quantitative estimate of drug-likeness (QED) is 0.818. The highest BCUT2D eigenvalue weighted by atomic mass is 32.1. The highest BCUT2D eigenvalue weighted by Crippen LogP contribution is 2.40. The molecule has 0 spiro atoms. The number of benzene rings is 1. The third-order valence-electron chi connectivity index (χ3n) is 5.22. The van der Waals surface area contributed by atoms with E-state index in [-0.39, 0.29) is 29.6 Å². The molecule has 2 atom stereocenters. The average molecular weight is 384 g/mol. The van der Waals surface area contributed by atoms with Gasteiger partial charge < -0.3 is 0 Å². The monoisotopic (exact) mass is 384 g/mol. The molecule has 1 N–H and O–H groups in total. The van der Waals surface area contributed by atoms with Gasteiger partial charge in [-0.25, -0.2) is 0 Å². The van der Waals surface area contributed by atoms with E-state index in [2.05, 4.69) is 15.5 Å². The van der Waals surface area contributed by atoms with E-state index >= 15 is 0 Å². The van der Waals surface area contributed by atoms with E-state index in [0.717, 1.165) is 37.1 Å². The summed E-state index contributed by atoms with van der Waals surface area (Å²) >= 11 is 1.34. The molecule has 2 aromatic rings. The van der Waals surface area contributed by atoms with Crippen molar-refractivity contribution in [3.8, 4) is 0 Å². The van der Waals surface area contributed by atoms with Crippen LogP contribution in [0.25, 0.3) is 0 Å². The molecule has 0 radical (unpaired) electrons. The van der Waals surface area contributed by atoms with Crippen LogP contribution in [0.4, 0.5) is 10.8 Å². The van der Waals surface area contributed by atoms with Gasteiger partial charge in [0.15, 0.2) is 0 Å². The lowest BCUT2D eigenvalue weighted by Crippen LogP contribution is -2.30. The fourth-order valence-electron chi connectivity index (χ4n) is 3.79. The molecule has 2 aliphatic rings. The first kappa shape index (κ1) is 17.8. The van der Waals surface area contributed by atoms with Gasteiger partial charge in [-0.2, -0.15) is 0 Å². The molecule has 2 unspecified atom stereocenters. The summed E-state index contributed by atoms with van der Waals surface area (Å²) in [6, 6.07) is 6.54. The van der Waals surface area contributed by atoms with E-state index in [1.54, 1.807) is 24.3 Å². The number of amides is 3. The largest absolute Gasteiger partial charge is 0.296 e. The predicted octanol–water partition coefficient (Wildman–Crippen LogP) is 3.03. The summed E-state index contributed by atoms with van der Waals surface area (Å²) < 4.78 is 0. The second kappa shape index (κ2) is 7.19. The van der Waals surface area contributed by atoms with Gasteiger partial charge in [-0.3, -0.25) is 24.6 Å². The van der Waals surface area contributed by atoms with Crippen molar-refractivity contribution in [3.05, 3.63) is 34.8 Å². The third-order valence-corrected chi connectivity index (χ3v) is 6.20. The molecule has 8 heteroatoms. The normalized spacial score (nSPS) is 22.0. The van der Waals surface area contributed by atoms with Gasteiger partial charge in [0.25, 0.3) is 5.91 Å². The Bertz CT molecular complexity index is 869. The van der Waals surface area contributed by atoms with Crippen LogP contribution in [0.2, 0.25) is 0 Å². The van der Waals surface area contributed by atoms with E-state index in [1.807, 2.05) is 6.92 Å². The summed E-state index contributed by atoms with van der Waals surface area (Å²) in [5.74, 6) is -0.877. The smallest absolute Gasteiger partial charge is 0.257 e. The maximum absolute atomic E-state index is 12.7. The topological polar surface area (TPSA) is 92.3 Å². The number of fused-ring (bicyclic) bond motifs is 1. The number of aryl methyl sites for hydroxylation is 1. The summed E-state index contributed by atoms with van der Waals surface area (Å²) in [6.45, 7) is 1.97. The zero-order valence-corrected chi connectivity index (χ0v) is 15.8. The number of imide groups is 1. The van der Waals surface area contributed by atoms with Crippen LogP contribution in [0.1, 0.15) is 48.0 Å². The third kappa shape index (κ3) is 3.25. The molecule has 1 aliphatic heterocycles. The number of hydrogen-bond acceptors (Lipinski definition) is 6. The van der Waals surface area contributed by atoms with Crippen LogP contribution in [-0.4, -0.2) is 27.9 Å². The number of anilines is 2. The summed E-state index contributed by atoms with van der Waals surface area (Å²) in [7, 11) is 0. The van der Waals surface area contributed by atoms with Crippen LogP contribution in [-0.2, 0) is 16.0 Å². The van der Waals surface area contributed by atoms with E-state index in [4.69, 9.17) is 0 Å². The van der Waals surface area contributed by atoms with Crippen molar-refractivity contribution in [2.24, 2.45) is 11.8 Å². The first-order valence-electron chi connectivity index (χ1n) is 9.20. The van der Waals surface area contributed by atoms with Gasteiger partial charge in [0, 0.05) is 5.56 Å². The van der Waals surface area contributed by atoms with Crippen LogP contribution in [0.5, 0.6) is 0 Å². The molecular formula is C19H20N4O3S. The first-order chi connectivity index (χ1) is 13.1. The molecule has 3 amide bonds. The Hall–Kier alpha value is -2.61. The number of rotatable bonds is 4. The van der Waals surface area contributed by atoms with Gasteiger partial charge in [0.1, 0.15) is 5.01 Å². The number of hydrogen-bond donors (Lipinski definition) is 1. The van der Waals surface area contributed by atoms with Gasteiger partial charge >= 0.3 is 0 Å². The van der Waals surface area contributed by atoms with Gasteiger partial charge in [-0.05, 0) is 43.5 Å². The van der Waals surface area contributed by atoms with Crippen molar-refractivity contribution in [2.75, 3.05) is 10.2 Å². The fourth-order valence-corrected chi connectivity index (χ4v) is 4.47. The minimum atomic E-state index is -0.298. The van der Waals surface area contributed by atoms with Crippen molar-refractivity contribution >= 4 is 39.9 Å². The molecule has 7 nitrogen and oxygen atoms in total. The lowest BCUT2D eigenvalue weighted by Gasteiger charge is -2.19. The highest BCUT2D eigenvalue weighted by Gasteiger charge is 2.48. The average Bonchev–Trinajstić information content (AvgIpc) is 3.25. The Morgan fingerprint density at radius 3 is 2.30 bits per heavy atom. The summed E-state index contributed by atoms with van der Waals surface area (Å²) in [5, 5.41) is 11.9. The molecule has 1 saturated carbocycles. The highest BCUT2D eigenvalue weighted by molar-refractivity contribution is 7.15. The van der Waals surface area contributed by atoms with Crippen LogP contribution in [0, 0.1) is 11.8 Å². The first-order valence-corrected chi connectivity index (χ1v) is 10.0. The van der Waals surface area contributed by atoms with Crippen LogP contribution >= 0.6 is 11.3 Å². The fraction of sp³-hybridized carbons (Fsp3) is 0.421. The second-order valence-electron chi connectivity index (χ2n) is 6.86. The molecule has 0 bridgehead atoms. The Morgan fingerprint density at radius 2 is 1.74 bits per heavy atom. The molecule has 140 valence electrons. The number of aromatic nitrogens is 2. The summed E-state index contributed by atoms with van der Waals surface area (Å²) in [5.41, 5.74) is 0.962. The summed E-state index contributed by atoms with van der Waals surface area (Å²) in [6.07, 6.45) is 4.33. The number of carbonyl (C=O) groups excluding carboxylic acids is 3. The van der Waals surface area contributed by atoms with Crippen molar-refractivity contribution in [3.63, 3.8) is 0 Å². The van der Waals surface area contributed by atoms with Crippen molar-refractivity contribution < 1.29 is 14.4 Å². The molecule has 1 aliphatic carbocycles. The number of carbonyl (C=O) groups is 3. The van der Waals surface area contributed by atoms with Gasteiger partial charge in [0.2, 0.25) is 16.9 Å². The molecule has 1 aromatic carbocycles. The van der Waals surface area contributed by atoms with E-state index in [1.165, 1.54) is 16.2 Å². The lowest BCUT2D eigenvalue weighted by atomic mass is 9.81. The molecule has 4 rings (SSSR count). The van der Waals surface area contributed by atoms with Crippen molar-refractivity contribution in [2.45, 2.75) is 39.0 Å². The van der Waals surface area contributed by atoms with Crippen LogP contribution in [0.3, 0.4) is 0 Å². The molecule has 27 heavy (non-hydrogen) atoms. The van der Waals surface area contributed by atoms with E-state index in [9.17, 15) is 14.4 Å². The Labute approximate surface area is 160 Å². The van der Waals surface area contributed by atoms with E-state index < -0.39 is 0 Å². The van der Waals surface area contributed by atoms with Crippen molar-refractivity contribution in [1.82, 2.24) is 10.2 Å². The molecule has 2 fully saturated rings. The molecule has 2 heterocycles. The SMILES string of the molecule is CCc1nnc(NC(=O)c2ccc(N3C(=O)C4CCCCC4C3=O)cc2)s1. The van der Waals surface area contributed by atoms with Crippen LogP contribution in [0.15, 0.2) is 24.3 Å². The minimum absolute atomic E-state index is 0.108. The predicted molar refractivity (Wildman–Crippen MR) is 102 cm³/mol. The molecule has 1 saturated heterocycles. The number of nitrogens with one attached hydrogen (secondary N) is 1. The zero-order valence-electron chi connectivity index (χ0n) is 15.0. The maximum Gasteiger partial charge on any atom is 0.257 e. The van der Waals surface area contributed by atoms with Gasteiger partial charge in [-0.15, -0.1) is 10.2 Å². The minimum Gasteiger partial charge on any atom is -0.296 e. The zero-order chi connectivity index (χ0) is 19.0. The molecule has 1 aromatic heterocycles. The Morgan fingerprint density at radius 1 is 1.11 bits per heavy atom. The molecular weight excluding hydrogens is 364 g/mol. The Kier molecular flexibility index (Phi) is 4.73. The second-order valence-corrected chi connectivity index (χ2v) is 7.93. The number of nitrogens with zero attached hydrogens (tertiary/aromatic N) is 3. The standard InChI is InChI=1S/C19H20N4O3S/c1-2-15-21-22-19(27-15)20-16(24)11-7-9-12(10-8-11)23-17(25)13-5-3-4-6-14(13)18(23)26/h7-10,13-14H,2-6H2,1H3,(H,20,22,24). The van der Waals surface area contributed by atoms with Crippen LogP contribution < -0.4 is 10.2 Å². The van der Waals surface area contributed by atoms with Gasteiger partial charge in [0.05, 0.1) is 17.5 Å². The summed E-state index contributed by atoms with van der Waals surface area (Å²) in [4.78, 5) is 39.0. The van der Waals surface area contributed by atoms with E-state index in [0.29, 0.717) is 16.4 Å². The van der Waals surface area contributed by atoms with Crippen molar-refractivity contribution in [1.29, 1.82) is 0 Å². The lowest BCUT2D eigenvalue weighted by molar-refractivity contribution is -0.122. The maximum atomic E-state index is 12.7. The Balaban J connectivity index is 1.49. The van der Waals surface area contributed by atoms with Gasteiger partial charge in [-0.1, -0.05) is 31.1 Å².